The molecule has 3 aromatic rings. The number of nitrogens with zero attached hydrogens (tertiary/aromatic N) is 4. The minimum atomic E-state index is 0.536. The van der Waals surface area contributed by atoms with Crippen LogP contribution >= 0.6 is 0 Å². The van der Waals surface area contributed by atoms with Gasteiger partial charge in [0.2, 0.25) is 0 Å². The van der Waals surface area contributed by atoms with Crippen molar-refractivity contribution >= 4 is 23.2 Å². The molecule has 1 N–H and O–H groups in total. The van der Waals surface area contributed by atoms with Crippen LogP contribution in [-0.2, 0) is 13.6 Å². The molecule has 4 heterocycles. The first-order valence-electron chi connectivity index (χ1n) is 11.5. The normalized spacial score (nSPS) is 18.8. The van der Waals surface area contributed by atoms with E-state index in [1.165, 1.54) is 41.0 Å². The van der Waals surface area contributed by atoms with Crippen molar-refractivity contribution in [3.8, 4) is 0 Å². The predicted octanol–water partition coefficient (Wildman–Crippen LogP) is 4.57. The summed E-state index contributed by atoms with van der Waals surface area (Å²) in [4.78, 5) is 7.65. The van der Waals surface area contributed by atoms with Crippen molar-refractivity contribution in [2.75, 3.05) is 26.2 Å². The smallest absolute Gasteiger partial charge is 0.115 e. The fourth-order valence-electron chi connectivity index (χ4n) is 5.25. The van der Waals surface area contributed by atoms with Crippen molar-refractivity contribution < 1.29 is 0 Å². The minimum absolute atomic E-state index is 0.536. The van der Waals surface area contributed by atoms with E-state index in [1.807, 2.05) is 6.08 Å². The van der Waals surface area contributed by atoms with E-state index in [2.05, 4.69) is 82.5 Å². The maximum atomic E-state index is 5.04. The van der Waals surface area contributed by atoms with Gasteiger partial charge in [0.05, 0.1) is 11.0 Å². The summed E-state index contributed by atoms with van der Waals surface area (Å²) in [5, 5.41) is 3.42. The summed E-state index contributed by atoms with van der Waals surface area (Å²) >= 11 is 0. The largest absolute Gasteiger partial charge is 0.350 e. The average Bonchev–Trinajstić information content (AvgIpc) is 3.25. The Morgan fingerprint density at radius 2 is 1.97 bits per heavy atom. The third kappa shape index (κ3) is 3.66. The Morgan fingerprint density at radius 1 is 1.19 bits per heavy atom. The van der Waals surface area contributed by atoms with Gasteiger partial charge in [-0.15, -0.1) is 0 Å². The van der Waals surface area contributed by atoms with Gasteiger partial charge in [-0.05, 0) is 43.5 Å². The Morgan fingerprint density at radius 3 is 2.65 bits per heavy atom. The van der Waals surface area contributed by atoms with Crippen LogP contribution in [0.5, 0.6) is 0 Å². The van der Waals surface area contributed by atoms with E-state index in [-0.39, 0.29) is 0 Å². The molecule has 2 saturated heterocycles. The standard InChI is InChI=1S/C26H33N5/c1-4-8-22-20(17-29(3)24(22)5-2)18-30-13-11-21(12-14-30)31-25-10-7-6-9-23(25)28-26(31)19-15-27-16-19/h4-10,17,19,21,27H,2,11-16,18H2,1,3H3/b8-4-. The lowest BCUT2D eigenvalue weighted by Crippen LogP contribution is -2.42. The lowest BCUT2D eigenvalue weighted by molar-refractivity contribution is 0.178. The van der Waals surface area contributed by atoms with E-state index < -0.39 is 0 Å². The zero-order valence-corrected chi connectivity index (χ0v) is 18.7. The summed E-state index contributed by atoms with van der Waals surface area (Å²) in [5.41, 5.74) is 6.35. The van der Waals surface area contributed by atoms with E-state index in [0.29, 0.717) is 12.0 Å². The van der Waals surface area contributed by atoms with Crippen molar-refractivity contribution in [1.29, 1.82) is 0 Å². The average molecular weight is 416 g/mol. The maximum absolute atomic E-state index is 5.04. The van der Waals surface area contributed by atoms with E-state index in [4.69, 9.17) is 4.98 Å². The third-order valence-electron chi connectivity index (χ3n) is 6.96. The summed E-state index contributed by atoms with van der Waals surface area (Å²) in [5.74, 6) is 1.84. The molecule has 162 valence electrons. The highest BCUT2D eigenvalue weighted by molar-refractivity contribution is 5.76. The van der Waals surface area contributed by atoms with Gasteiger partial charge in [-0.1, -0.05) is 30.9 Å². The van der Waals surface area contributed by atoms with Gasteiger partial charge in [-0.3, -0.25) is 4.90 Å². The van der Waals surface area contributed by atoms with Crippen molar-refractivity contribution in [3.05, 3.63) is 65.8 Å². The number of allylic oxidation sites excluding steroid dienone is 1. The lowest BCUT2D eigenvalue weighted by Gasteiger charge is -2.35. The molecule has 2 aliphatic rings. The first kappa shape index (κ1) is 20.3. The zero-order valence-electron chi connectivity index (χ0n) is 18.7. The van der Waals surface area contributed by atoms with Crippen LogP contribution in [-0.4, -0.2) is 45.2 Å². The Hall–Kier alpha value is -2.63. The summed E-state index contributed by atoms with van der Waals surface area (Å²) in [6, 6.07) is 9.19. The number of likely N-dealkylation sites (tertiary alicyclic amines) is 1. The molecule has 2 fully saturated rings. The Balaban J connectivity index is 1.35. The van der Waals surface area contributed by atoms with Crippen molar-refractivity contribution in [1.82, 2.24) is 24.3 Å². The Kier molecular flexibility index (Phi) is 5.55. The fourth-order valence-corrected chi connectivity index (χ4v) is 5.25. The second-order valence-corrected chi connectivity index (χ2v) is 8.96. The number of hydrogen-bond acceptors (Lipinski definition) is 3. The number of benzene rings is 1. The number of fused-ring (bicyclic) bond motifs is 1. The molecular formula is C26H33N5. The second-order valence-electron chi connectivity index (χ2n) is 8.96. The molecular weight excluding hydrogens is 382 g/mol. The number of imidazole rings is 1. The molecule has 5 heteroatoms. The van der Waals surface area contributed by atoms with Crippen molar-refractivity contribution in [2.24, 2.45) is 7.05 Å². The number of aromatic nitrogens is 3. The number of hydrogen-bond donors (Lipinski definition) is 1. The fraction of sp³-hybridized carbons (Fsp3) is 0.423. The summed E-state index contributed by atoms with van der Waals surface area (Å²) < 4.78 is 4.77. The third-order valence-corrected chi connectivity index (χ3v) is 6.96. The molecule has 0 bridgehead atoms. The molecule has 5 rings (SSSR count). The van der Waals surface area contributed by atoms with Gasteiger partial charge < -0.3 is 14.5 Å². The molecule has 2 aliphatic heterocycles. The van der Waals surface area contributed by atoms with E-state index in [0.717, 1.165) is 38.2 Å². The molecule has 1 aromatic carbocycles. The maximum Gasteiger partial charge on any atom is 0.115 e. The highest BCUT2D eigenvalue weighted by atomic mass is 15.2. The number of piperidine rings is 1. The van der Waals surface area contributed by atoms with Crippen molar-refractivity contribution in [2.45, 2.75) is 38.3 Å². The topological polar surface area (TPSA) is 38.0 Å². The summed E-state index contributed by atoms with van der Waals surface area (Å²) in [7, 11) is 2.11. The molecule has 31 heavy (non-hydrogen) atoms. The molecule has 0 atom stereocenters. The van der Waals surface area contributed by atoms with Gasteiger partial charge in [0.15, 0.2) is 0 Å². The lowest BCUT2D eigenvalue weighted by atomic mass is 9.99. The molecule has 0 radical (unpaired) electrons. The van der Waals surface area contributed by atoms with Gasteiger partial charge in [-0.25, -0.2) is 4.98 Å². The van der Waals surface area contributed by atoms with E-state index in [1.54, 1.807) is 0 Å². The molecule has 0 amide bonds. The number of rotatable bonds is 6. The monoisotopic (exact) mass is 415 g/mol. The van der Waals surface area contributed by atoms with Crippen LogP contribution in [0.3, 0.4) is 0 Å². The molecule has 5 nitrogen and oxygen atoms in total. The van der Waals surface area contributed by atoms with Crippen LogP contribution in [0, 0.1) is 0 Å². The van der Waals surface area contributed by atoms with Gasteiger partial charge in [-0.2, -0.15) is 0 Å². The highest BCUT2D eigenvalue weighted by Gasteiger charge is 2.30. The summed E-state index contributed by atoms with van der Waals surface area (Å²) in [6.45, 7) is 11.4. The SMILES string of the molecule is C=Cc1c(/C=C\C)c(CN2CCC(n3c(C4CNC4)nc4ccccc43)CC2)cn1C. The van der Waals surface area contributed by atoms with Gasteiger partial charge in [0.1, 0.15) is 5.82 Å². The predicted molar refractivity (Wildman–Crippen MR) is 129 cm³/mol. The van der Waals surface area contributed by atoms with Crippen LogP contribution < -0.4 is 5.32 Å². The van der Waals surface area contributed by atoms with Crippen LogP contribution in [0.4, 0.5) is 0 Å². The first-order chi connectivity index (χ1) is 15.2. The Labute approximate surface area is 185 Å². The Bertz CT molecular complexity index is 1110. The quantitative estimate of drug-likeness (QED) is 0.641. The van der Waals surface area contributed by atoms with Crippen molar-refractivity contribution in [3.63, 3.8) is 0 Å². The number of nitrogens with one attached hydrogen (secondary N) is 1. The minimum Gasteiger partial charge on any atom is -0.350 e. The number of para-hydroxylation sites is 2. The van der Waals surface area contributed by atoms with Gasteiger partial charge in [0.25, 0.3) is 0 Å². The van der Waals surface area contributed by atoms with E-state index >= 15 is 0 Å². The molecule has 0 saturated carbocycles. The van der Waals surface area contributed by atoms with Crippen LogP contribution in [0.2, 0.25) is 0 Å². The molecule has 2 aromatic heterocycles. The van der Waals surface area contributed by atoms with Gasteiger partial charge >= 0.3 is 0 Å². The van der Waals surface area contributed by atoms with E-state index in [9.17, 15) is 0 Å². The van der Waals surface area contributed by atoms with Crippen LogP contribution in [0.25, 0.3) is 23.2 Å². The number of aryl methyl sites for hydroxylation is 1. The second kappa shape index (κ2) is 8.48. The zero-order chi connectivity index (χ0) is 21.4. The summed E-state index contributed by atoms with van der Waals surface area (Å²) in [6.07, 6.45) is 10.9. The van der Waals surface area contributed by atoms with Gasteiger partial charge in [0, 0.05) is 69.2 Å². The van der Waals surface area contributed by atoms with Crippen LogP contribution in [0.15, 0.2) is 43.1 Å². The molecule has 0 unspecified atom stereocenters. The first-order valence-corrected chi connectivity index (χ1v) is 11.5. The highest BCUT2D eigenvalue weighted by Crippen LogP contribution is 2.33. The molecule has 0 aliphatic carbocycles. The molecule has 0 spiro atoms. The van der Waals surface area contributed by atoms with Crippen LogP contribution in [0.1, 0.15) is 54.4 Å².